The fraction of sp³-hybridized carbons (Fsp3) is 0.333. The molecule has 1 aliphatic rings. The second-order valence-corrected chi connectivity index (χ2v) is 8.14. The Balaban J connectivity index is 1.78. The molecule has 0 spiro atoms. The predicted octanol–water partition coefficient (Wildman–Crippen LogP) is 5.35. The van der Waals surface area contributed by atoms with Gasteiger partial charge < -0.3 is 15.1 Å². The van der Waals surface area contributed by atoms with Crippen molar-refractivity contribution < 1.29 is 9.59 Å². The Hall–Kier alpha value is -1.95. The minimum atomic E-state index is -0.363. The summed E-state index contributed by atoms with van der Waals surface area (Å²) >= 11 is 18.3. The number of halogens is 3. The van der Waals surface area contributed by atoms with Crippen LogP contribution in [0.3, 0.4) is 0 Å². The number of piperazine rings is 1. The van der Waals surface area contributed by atoms with E-state index in [0.717, 1.165) is 12.1 Å². The Labute approximate surface area is 185 Å². The van der Waals surface area contributed by atoms with Gasteiger partial charge in [0.2, 0.25) is 5.91 Å². The lowest BCUT2D eigenvalue weighted by Gasteiger charge is -2.37. The van der Waals surface area contributed by atoms with Gasteiger partial charge >= 0.3 is 0 Å². The zero-order chi connectivity index (χ0) is 21.0. The molecule has 3 rings (SSSR count). The van der Waals surface area contributed by atoms with Crippen molar-refractivity contribution in [2.45, 2.75) is 19.8 Å². The Kier molecular flexibility index (Phi) is 7.28. The summed E-state index contributed by atoms with van der Waals surface area (Å²) in [7, 11) is 0. The first-order valence-corrected chi connectivity index (χ1v) is 10.6. The smallest absolute Gasteiger partial charge is 0.257 e. The van der Waals surface area contributed by atoms with Crippen LogP contribution in [0.4, 0.5) is 11.4 Å². The van der Waals surface area contributed by atoms with Crippen molar-refractivity contribution in [1.82, 2.24) is 4.90 Å². The molecule has 154 valence electrons. The van der Waals surface area contributed by atoms with E-state index in [9.17, 15) is 9.59 Å². The molecule has 1 heterocycles. The molecule has 1 fully saturated rings. The summed E-state index contributed by atoms with van der Waals surface area (Å²) in [6.07, 6.45) is 1.42. The van der Waals surface area contributed by atoms with Crippen LogP contribution in [0.5, 0.6) is 0 Å². The van der Waals surface area contributed by atoms with E-state index in [1.807, 2.05) is 17.9 Å². The van der Waals surface area contributed by atoms with Crippen LogP contribution in [-0.2, 0) is 4.79 Å². The van der Waals surface area contributed by atoms with E-state index in [2.05, 4.69) is 10.2 Å². The summed E-state index contributed by atoms with van der Waals surface area (Å²) in [6.45, 7) is 4.66. The van der Waals surface area contributed by atoms with E-state index in [-0.39, 0.29) is 11.8 Å². The van der Waals surface area contributed by atoms with E-state index in [0.29, 0.717) is 58.9 Å². The van der Waals surface area contributed by atoms with E-state index in [1.165, 1.54) is 6.07 Å². The number of carbonyl (C=O) groups is 2. The second-order valence-electron chi connectivity index (χ2n) is 6.86. The van der Waals surface area contributed by atoms with Crippen LogP contribution in [0.15, 0.2) is 36.4 Å². The van der Waals surface area contributed by atoms with Crippen molar-refractivity contribution in [3.63, 3.8) is 0 Å². The van der Waals surface area contributed by atoms with Crippen molar-refractivity contribution in [2.24, 2.45) is 0 Å². The van der Waals surface area contributed by atoms with Crippen LogP contribution in [0.1, 0.15) is 30.1 Å². The Morgan fingerprint density at radius 1 is 0.966 bits per heavy atom. The topological polar surface area (TPSA) is 52.7 Å². The maximum absolute atomic E-state index is 12.8. The molecule has 0 bridgehead atoms. The number of hydrogen-bond donors (Lipinski definition) is 1. The third-order valence-electron chi connectivity index (χ3n) is 4.82. The average Bonchev–Trinajstić information content (AvgIpc) is 2.70. The zero-order valence-corrected chi connectivity index (χ0v) is 18.3. The van der Waals surface area contributed by atoms with Crippen molar-refractivity contribution in [3.8, 4) is 0 Å². The van der Waals surface area contributed by atoms with Gasteiger partial charge in [0.25, 0.3) is 5.91 Å². The summed E-state index contributed by atoms with van der Waals surface area (Å²) < 4.78 is 0. The van der Waals surface area contributed by atoms with E-state index in [4.69, 9.17) is 34.8 Å². The maximum Gasteiger partial charge on any atom is 0.257 e. The minimum absolute atomic E-state index is 0.187. The van der Waals surface area contributed by atoms with Gasteiger partial charge in [-0.3, -0.25) is 9.59 Å². The second kappa shape index (κ2) is 9.70. The Bertz CT molecular complexity index is 912. The average molecular weight is 455 g/mol. The van der Waals surface area contributed by atoms with E-state index < -0.39 is 0 Å². The van der Waals surface area contributed by atoms with Crippen molar-refractivity contribution >= 4 is 58.0 Å². The molecule has 0 unspecified atom stereocenters. The van der Waals surface area contributed by atoms with Crippen molar-refractivity contribution in [3.05, 3.63) is 57.0 Å². The van der Waals surface area contributed by atoms with Gasteiger partial charge in [-0.1, -0.05) is 41.7 Å². The third-order valence-corrected chi connectivity index (χ3v) is 5.62. The highest BCUT2D eigenvalue weighted by Gasteiger charge is 2.23. The molecule has 0 radical (unpaired) electrons. The highest BCUT2D eigenvalue weighted by molar-refractivity contribution is 6.36. The number of carbonyl (C=O) groups excluding carboxylic acids is 2. The minimum Gasteiger partial charge on any atom is -0.366 e. The molecular weight excluding hydrogens is 433 g/mol. The number of amides is 2. The maximum atomic E-state index is 12.8. The summed E-state index contributed by atoms with van der Waals surface area (Å²) in [5, 5.41) is 4.16. The lowest BCUT2D eigenvalue weighted by atomic mass is 10.1. The van der Waals surface area contributed by atoms with Crippen molar-refractivity contribution in [2.75, 3.05) is 36.4 Å². The molecule has 5 nitrogen and oxygen atoms in total. The first-order chi connectivity index (χ1) is 13.9. The molecular formula is C21H22Cl3N3O2. The monoisotopic (exact) mass is 453 g/mol. The lowest BCUT2D eigenvalue weighted by Crippen LogP contribution is -2.48. The molecule has 29 heavy (non-hydrogen) atoms. The molecule has 8 heteroatoms. The molecule has 1 saturated heterocycles. The molecule has 1 aliphatic heterocycles. The first-order valence-electron chi connectivity index (χ1n) is 9.47. The number of rotatable bonds is 5. The van der Waals surface area contributed by atoms with Crippen LogP contribution >= 0.6 is 34.8 Å². The molecule has 0 aliphatic carbocycles. The van der Waals surface area contributed by atoms with Gasteiger partial charge in [0.15, 0.2) is 0 Å². The molecule has 2 aromatic carbocycles. The van der Waals surface area contributed by atoms with Gasteiger partial charge in [0.1, 0.15) is 0 Å². The predicted molar refractivity (Wildman–Crippen MR) is 120 cm³/mol. The number of nitrogens with one attached hydrogen (secondary N) is 1. The van der Waals surface area contributed by atoms with Crippen LogP contribution in [-0.4, -0.2) is 42.9 Å². The van der Waals surface area contributed by atoms with Crippen LogP contribution < -0.4 is 10.2 Å². The van der Waals surface area contributed by atoms with Crippen LogP contribution in [0.2, 0.25) is 15.1 Å². The van der Waals surface area contributed by atoms with E-state index in [1.54, 1.807) is 24.3 Å². The first kappa shape index (κ1) is 21.8. The van der Waals surface area contributed by atoms with Crippen LogP contribution in [0, 0.1) is 0 Å². The third kappa shape index (κ3) is 5.35. The molecule has 0 saturated carbocycles. The number of anilines is 2. The number of benzene rings is 2. The highest BCUT2D eigenvalue weighted by Crippen LogP contribution is 2.31. The molecule has 0 aromatic heterocycles. The summed E-state index contributed by atoms with van der Waals surface area (Å²) in [6, 6.07) is 10.1. The molecule has 1 N–H and O–H groups in total. The molecule has 0 atom stereocenters. The number of nitrogens with zero attached hydrogens (tertiary/aromatic N) is 2. The van der Waals surface area contributed by atoms with Gasteiger partial charge in [0, 0.05) is 42.6 Å². The largest absolute Gasteiger partial charge is 0.366 e. The normalized spacial score (nSPS) is 14.1. The highest BCUT2D eigenvalue weighted by atomic mass is 35.5. The van der Waals surface area contributed by atoms with Crippen LogP contribution in [0.25, 0.3) is 0 Å². The quantitative estimate of drug-likeness (QED) is 0.663. The van der Waals surface area contributed by atoms with Crippen molar-refractivity contribution in [1.29, 1.82) is 0 Å². The molecule has 2 amide bonds. The standard InChI is InChI=1S/C21H22Cl3N3O2/c1-2-3-20(28)27-10-8-26(9-11-27)19-7-5-15(23)13-18(19)25-21(29)16-12-14(22)4-6-17(16)24/h4-7,12-13H,2-3,8-11H2,1H3,(H,25,29). The Morgan fingerprint density at radius 3 is 2.31 bits per heavy atom. The number of hydrogen-bond acceptors (Lipinski definition) is 3. The summed E-state index contributed by atoms with van der Waals surface area (Å²) in [5.41, 5.74) is 1.73. The SMILES string of the molecule is CCCC(=O)N1CCN(c2ccc(Cl)cc2NC(=O)c2cc(Cl)ccc2Cl)CC1. The van der Waals surface area contributed by atoms with E-state index >= 15 is 0 Å². The summed E-state index contributed by atoms with van der Waals surface area (Å²) in [5.74, 6) is -0.176. The fourth-order valence-electron chi connectivity index (χ4n) is 3.31. The summed E-state index contributed by atoms with van der Waals surface area (Å²) in [4.78, 5) is 28.9. The molecule has 2 aromatic rings. The van der Waals surface area contributed by atoms with Gasteiger partial charge in [0.05, 0.1) is 22.0 Å². The zero-order valence-electron chi connectivity index (χ0n) is 16.1. The van der Waals surface area contributed by atoms with Gasteiger partial charge in [-0.2, -0.15) is 0 Å². The Morgan fingerprint density at radius 2 is 1.62 bits per heavy atom. The van der Waals surface area contributed by atoms with Gasteiger partial charge in [-0.25, -0.2) is 0 Å². The van der Waals surface area contributed by atoms with Gasteiger partial charge in [-0.15, -0.1) is 0 Å². The lowest BCUT2D eigenvalue weighted by molar-refractivity contribution is -0.131. The van der Waals surface area contributed by atoms with Gasteiger partial charge in [-0.05, 0) is 42.8 Å². The fourth-order valence-corrected chi connectivity index (χ4v) is 3.86.